The van der Waals surface area contributed by atoms with Crippen LogP contribution in [-0.2, 0) is 16.6 Å². The van der Waals surface area contributed by atoms with Gasteiger partial charge in [0.2, 0.25) is 10.0 Å². The fourth-order valence-electron chi connectivity index (χ4n) is 3.66. The molecule has 10 heteroatoms. The Labute approximate surface area is 206 Å². The van der Waals surface area contributed by atoms with Crippen molar-refractivity contribution in [3.63, 3.8) is 0 Å². The van der Waals surface area contributed by atoms with Crippen molar-refractivity contribution in [2.75, 3.05) is 38.1 Å². The van der Waals surface area contributed by atoms with Crippen molar-refractivity contribution in [3.8, 4) is 0 Å². The van der Waals surface area contributed by atoms with Crippen LogP contribution in [0.1, 0.15) is 18.4 Å². The first-order valence-electron chi connectivity index (χ1n) is 10.5. The average molecular weight is 573 g/mol. The van der Waals surface area contributed by atoms with Crippen LogP contribution < -0.4 is 14.9 Å². The molecule has 1 heterocycles. The fraction of sp³-hybridized carbons (Fsp3) is 0.409. The minimum Gasteiger partial charge on any atom is -0.366 e. The van der Waals surface area contributed by atoms with E-state index in [0.29, 0.717) is 25.3 Å². The summed E-state index contributed by atoms with van der Waals surface area (Å²) in [6, 6.07) is 13.8. The zero-order chi connectivity index (χ0) is 21.8. The molecule has 1 aliphatic heterocycles. The third-order valence-electron chi connectivity index (χ3n) is 5.57. The third kappa shape index (κ3) is 6.10. The summed E-state index contributed by atoms with van der Waals surface area (Å²) in [5.41, 5.74) is 1.60. The van der Waals surface area contributed by atoms with Gasteiger partial charge >= 0.3 is 0 Å². The number of rotatable bonds is 6. The molecule has 2 aliphatic rings. The van der Waals surface area contributed by atoms with Crippen LogP contribution in [-0.4, -0.2) is 58.5 Å². The molecular formula is C22H29FIN5O2S. The SMILES string of the molecule is CN=C(NCc1ccc(S(=O)(=O)NC2CC2)cc1)N1CCN(c2ccccc2F)CC1.I. The molecule has 32 heavy (non-hydrogen) atoms. The molecule has 174 valence electrons. The number of para-hydroxylation sites is 1. The molecule has 0 amide bonds. The second-order valence-corrected chi connectivity index (χ2v) is 9.58. The Hall–Kier alpha value is -1.92. The Bertz CT molecular complexity index is 1040. The zero-order valence-corrected chi connectivity index (χ0v) is 21.1. The first-order chi connectivity index (χ1) is 15.0. The normalized spacial score (nSPS) is 17.1. The van der Waals surface area contributed by atoms with E-state index in [1.54, 1.807) is 25.2 Å². The van der Waals surface area contributed by atoms with Crippen molar-refractivity contribution in [1.82, 2.24) is 14.9 Å². The molecule has 1 saturated heterocycles. The minimum absolute atomic E-state index is 0. The Balaban J connectivity index is 0.00000289. The van der Waals surface area contributed by atoms with Crippen LogP contribution in [0.4, 0.5) is 10.1 Å². The van der Waals surface area contributed by atoms with Crippen molar-refractivity contribution in [1.29, 1.82) is 0 Å². The van der Waals surface area contributed by atoms with Gasteiger partial charge in [-0.1, -0.05) is 24.3 Å². The quantitative estimate of drug-likeness (QED) is 0.316. The van der Waals surface area contributed by atoms with Gasteiger partial charge in [0.15, 0.2) is 5.96 Å². The number of nitrogens with zero attached hydrogens (tertiary/aromatic N) is 3. The molecule has 0 bridgehead atoms. The van der Waals surface area contributed by atoms with Crippen LogP contribution in [0, 0.1) is 5.82 Å². The van der Waals surface area contributed by atoms with Gasteiger partial charge in [0.25, 0.3) is 0 Å². The average Bonchev–Trinajstić information content (AvgIpc) is 3.59. The minimum atomic E-state index is -3.43. The first-order valence-corrected chi connectivity index (χ1v) is 12.0. The van der Waals surface area contributed by atoms with Crippen LogP contribution in [0.25, 0.3) is 0 Å². The maximum absolute atomic E-state index is 14.0. The molecule has 7 nitrogen and oxygen atoms in total. The number of anilines is 1. The van der Waals surface area contributed by atoms with Crippen molar-refractivity contribution in [3.05, 3.63) is 59.9 Å². The highest BCUT2D eigenvalue weighted by atomic mass is 127. The molecule has 2 N–H and O–H groups in total. The van der Waals surface area contributed by atoms with Gasteiger partial charge in [0, 0.05) is 45.8 Å². The van der Waals surface area contributed by atoms with Gasteiger partial charge in [-0.25, -0.2) is 17.5 Å². The molecular weight excluding hydrogens is 544 g/mol. The number of aliphatic imine (C=N–C) groups is 1. The Morgan fingerprint density at radius 2 is 1.72 bits per heavy atom. The molecule has 0 unspecified atom stereocenters. The van der Waals surface area contributed by atoms with E-state index in [4.69, 9.17) is 0 Å². The molecule has 2 fully saturated rings. The van der Waals surface area contributed by atoms with Gasteiger partial charge in [-0.3, -0.25) is 4.99 Å². The van der Waals surface area contributed by atoms with E-state index in [1.165, 1.54) is 6.07 Å². The summed E-state index contributed by atoms with van der Waals surface area (Å²) in [7, 11) is -1.69. The smallest absolute Gasteiger partial charge is 0.240 e. The lowest BCUT2D eigenvalue weighted by Crippen LogP contribution is -2.52. The molecule has 0 spiro atoms. The number of piperazine rings is 1. The van der Waals surface area contributed by atoms with Crippen LogP contribution in [0.2, 0.25) is 0 Å². The number of halogens is 2. The van der Waals surface area contributed by atoms with Crippen LogP contribution in [0.15, 0.2) is 58.4 Å². The maximum Gasteiger partial charge on any atom is 0.240 e. The summed E-state index contributed by atoms with van der Waals surface area (Å²) >= 11 is 0. The van der Waals surface area contributed by atoms with Gasteiger partial charge in [0.05, 0.1) is 10.6 Å². The summed E-state index contributed by atoms with van der Waals surface area (Å²) in [6.07, 6.45) is 1.82. The largest absolute Gasteiger partial charge is 0.366 e. The number of guanidine groups is 1. The zero-order valence-electron chi connectivity index (χ0n) is 18.0. The van der Waals surface area contributed by atoms with Gasteiger partial charge in [-0.15, -0.1) is 24.0 Å². The second-order valence-electron chi connectivity index (χ2n) is 7.87. The van der Waals surface area contributed by atoms with E-state index >= 15 is 0 Å². The summed E-state index contributed by atoms with van der Waals surface area (Å²) in [4.78, 5) is 8.86. The monoisotopic (exact) mass is 573 g/mol. The number of hydrogen-bond acceptors (Lipinski definition) is 4. The molecule has 4 rings (SSSR count). The molecule has 1 aliphatic carbocycles. The van der Waals surface area contributed by atoms with Crippen molar-refractivity contribution in [2.45, 2.75) is 30.3 Å². The fourth-order valence-corrected chi connectivity index (χ4v) is 4.96. The summed E-state index contributed by atoms with van der Waals surface area (Å²) in [5, 5.41) is 3.34. The molecule has 0 atom stereocenters. The predicted octanol–water partition coefficient (Wildman–Crippen LogP) is 2.78. The maximum atomic E-state index is 14.0. The van der Waals surface area contributed by atoms with Gasteiger partial charge in [-0.2, -0.15) is 0 Å². The molecule has 0 radical (unpaired) electrons. The highest BCUT2D eigenvalue weighted by Crippen LogP contribution is 2.22. The summed E-state index contributed by atoms with van der Waals surface area (Å²) < 4.78 is 41.3. The third-order valence-corrected chi connectivity index (χ3v) is 7.10. The van der Waals surface area contributed by atoms with Crippen molar-refractivity contribution in [2.24, 2.45) is 4.99 Å². The number of sulfonamides is 1. The van der Waals surface area contributed by atoms with Crippen LogP contribution in [0.3, 0.4) is 0 Å². The summed E-state index contributed by atoms with van der Waals surface area (Å²) in [6.45, 7) is 3.43. The summed E-state index contributed by atoms with van der Waals surface area (Å²) in [5.74, 6) is 0.580. The van der Waals surface area contributed by atoms with Crippen molar-refractivity contribution >= 4 is 45.6 Å². The second kappa shape index (κ2) is 10.8. The highest BCUT2D eigenvalue weighted by molar-refractivity contribution is 14.0. The molecule has 2 aromatic rings. The molecule has 0 aromatic heterocycles. The van der Waals surface area contributed by atoms with Gasteiger partial charge < -0.3 is 15.1 Å². The Morgan fingerprint density at radius 1 is 1.06 bits per heavy atom. The Kier molecular flexibility index (Phi) is 8.34. The van der Waals surface area contributed by atoms with Crippen molar-refractivity contribution < 1.29 is 12.8 Å². The van der Waals surface area contributed by atoms with E-state index < -0.39 is 10.0 Å². The van der Waals surface area contributed by atoms with E-state index in [9.17, 15) is 12.8 Å². The number of benzene rings is 2. The molecule has 1 saturated carbocycles. The first kappa shape index (κ1) is 24.7. The topological polar surface area (TPSA) is 77.0 Å². The van der Waals surface area contributed by atoms with Gasteiger partial charge in [0.1, 0.15) is 5.82 Å². The van der Waals surface area contributed by atoms with E-state index in [0.717, 1.165) is 37.5 Å². The predicted molar refractivity (Wildman–Crippen MR) is 136 cm³/mol. The number of nitrogens with one attached hydrogen (secondary N) is 2. The number of hydrogen-bond donors (Lipinski definition) is 2. The standard InChI is InChI=1S/C22H28FN5O2S.HI/c1-24-22(28-14-12-27(13-15-28)21-5-3-2-4-20(21)23)25-16-17-6-10-19(11-7-17)31(29,30)26-18-8-9-18;/h2-7,10-11,18,26H,8-9,12-16H2,1H3,(H,24,25);1H. The van der Waals surface area contributed by atoms with Crippen LogP contribution in [0.5, 0.6) is 0 Å². The lowest BCUT2D eigenvalue weighted by Gasteiger charge is -2.37. The Morgan fingerprint density at radius 3 is 2.31 bits per heavy atom. The lowest BCUT2D eigenvalue weighted by molar-refractivity contribution is 0.370. The van der Waals surface area contributed by atoms with Crippen LogP contribution >= 0.6 is 24.0 Å². The lowest BCUT2D eigenvalue weighted by atomic mass is 10.2. The highest BCUT2D eigenvalue weighted by Gasteiger charge is 2.28. The van der Waals surface area contributed by atoms with Gasteiger partial charge in [-0.05, 0) is 42.7 Å². The van der Waals surface area contributed by atoms with E-state index in [2.05, 4.69) is 19.9 Å². The molecule has 2 aromatic carbocycles. The van der Waals surface area contributed by atoms with E-state index in [-0.39, 0.29) is 40.7 Å². The van der Waals surface area contributed by atoms with E-state index in [1.807, 2.05) is 29.2 Å².